The molecule has 10 nitrogen and oxygen atoms in total. The Balaban J connectivity index is 1.25. The van der Waals surface area contributed by atoms with Gasteiger partial charge in [-0.05, 0) is 57.2 Å². The predicted octanol–water partition coefficient (Wildman–Crippen LogP) is 1.85. The van der Waals surface area contributed by atoms with E-state index in [0.717, 1.165) is 49.4 Å². The van der Waals surface area contributed by atoms with Gasteiger partial charge in [-0.3, -0.25) is 25.0 Å². The van der Waals surface area contributed by atoms with E-state index in [0.29, 0.717) is 30.7 Å². The van der Waals surface area contributed by atoms with Gasteiger partial charge in [0, 0.05) is 38.5 Å². The number of likely N-dealkylation sites (N-methyl/N-ethyl adjacent to an activating group) is 1. The molecule has 1 saturated carbocycles. The third-order valence-electron chi connectivity index (χ3n) is 8.41. The van der Waals surface area contributed by atoms with E-state index in [1.807, 2.05) is 4.90 Å². The number of amides is 2. The zero-order valence-corrected chi connectivity index (χ0v) is 23.8. The molecule has 1 saturated heterocycles. The fraction of sp³-hybridized carbons (Fsp3) is 0.464. The van der Waals surface area contributed by atoms with Crippen molar-refractivity contribution in [2.75, 3.05) is 27.2 Å². The highest BCUT2D eigenvalue weighted by Crippen LogP contribution is 2.36. The molecule has 3 heterocycles. The SMILES string of the molecule is CNC1(N(C)C(=O)C2=C(O)C(=O)C(c3nnc(Cc4ccc(F)cc4F)s3)=C[NH2+]2)CCC(C(=O)N2CCCC2)CC1. The molecule has 2 fully saturated rings. The van der Waals surface area contributed by atoms with Gasteiger partial charge in [0.25, 0.3) is 0 Å². The predicted molar refractivity (Wildman–Crippen MR) is 146 cm³/mol. The van der Waals surface area contributed by atoms with Gasteiger partial charge in [0.2, 0.25) is 23.1 Å². The van der Waals surface area contributed by atoms with Crippen molar-refractivity contribution in [3.05, 3.63) is 63.1 Å². The number of allylic oxidation sites excluding steroid dienone is 1. The Morgan fingerprint density at radius 2 is 1.93 bits per heavy atom. The number of carbonyl (C=O) groups is 3. The molecule has 2 amide bonds. The standard InChI is InChI=1S/C28H32F2N6O4S/c1-31-28(9-7-16(8-10-28)26(39)36-11-3-4-12-36)35(2)27(40)22-24(38)23(37)19(15-32-22)25-34-33-21(41-25)13-17-5-6-18(29)14-20(17)30/h5-6,14-16,31,38H,3-4,7-13H2,1-2H3,(H,32,37)/p+1. The van der Waals surface area contributed by atoms with Crippen LogP contribution in [0.2, 0.25) is 0 Å². The lowest BCUT2D eigenvalue weighted by atomic mass is 9.80. The van der Waals surface area contributed by atoms with Crippen LogP contribution in [0.4, 0.5) is 8.78 Å². The number of nitrogens with one attached hydrogen (secondary N) is 1. The second-order valence-corrected chi connectivity index (χ2v) is 11.8. The first-order valence-corrected chi connectivity index (χ1v) is 14.5. The summed E-state index contributed by atoms with van der Waals surface area (Å²) in [6, 6.07) is 3.26. The van der Waals surface area contributed by atoms with Crippen molar-refractivity contribution in [3.8, 4) is 0 Å². The van der Waals surface area contributed by atoms with Crippen LogP contribution < -0.4 is 10.6 Å². The van der Waals surface area contributed by atoms with E-state index in [1.54, 1.807) is 14.1 Å². The summed E-state index contributed by atoms with van der Waals surface area (Å²) in [5.74, 6) is -3.25. The van der Waals surface area contributed by atoms with Gasteiger partial charge in [0.15, 0.2) is 5.01 Å². The fourth-order valence-corrected chi connectivity index (χ4v) is 6.73. The number of rotatable bonds is 7. The number of halogens is 2. The normalized spacial score (nSPS) is 23.1. The van der Waals surface area contributed by atoms with Crippen LogP contribution in [0.3, 0.4) is 0 Å². The van der Waals surface area contributed by atoms with E-state index in [9.17, 15) is 28.3 Å². The summed E-state index contributed by atoms with van der Waals surface area (Å²) < 4.78 is 27.3. The maximum absolute atomic E-state index is 14.0. The van der Waals surface area contributed by atoms with Crippen LogP contribution >= 0.6 is 11.3 Å². The van der Waals surface area contributed by atoms with Crippen LogP contribution in [-0.4, -0.2) is 75.5 Å². The summed E-state index contributed by atoms with van der Waals surface area (Å²) >= 11 is 1.04. The number of Topliss-reactive ketones (excluding diaryl/α,β-unsaturated/α-hetero) is 1. The van der Waals surface area contributed by atoms with Crippen LogP contribution in [0.25, 0.3) is 5.57 Å². The van der Waals surface area contributed by atoms with Crippen LogP contribution in [-0.2, 0) is 20.8 Å². The van der Waals surface area contributed by atoms with Gasteiger partial charge in [0.05, 0.1) is 5.66 Å². The topological polar surface area (TPSA) is 132 Å². The first-order valence-electron chi connectivity index (χ1n) is 13.7. The average molecular weight is 588 g/mol. The molecule has 1 aliphatic carbocycles. The third-order valence-corrected chi connectivity index (χ3v) is 9.36. The Labute approximate surface area is 240 Å². The van der Waals surface area contributed by atoms with Crippen molar-refractivity contribution in [2.24, 2.45) is 5.92 Å². The van der Waals surface area contributed by atoms with Crippen molar-refractivity contribution in [1.29, 1.82) is 0 Å². The van der Waals surface area contributed by atoms with Gasteiger partial charge in [-0.2, -0.15) is 0 Å². The van der Waals surface area contributed by atoms with Crippen molar-refractivity contribution in [1.82, 2.24) is 25.3 Å². The molecule has 41 heavy (non-hydrogen) atoms. The van der Waals surface area contributed by atoms with Crippen molar-refractivity contribution in [3.63, 3.8) is 0 Å². The second kappa shape index (κ2) is 11.7. The molecule has 1 aromatic heterocycles. The molecule has 0 unspecified atom stereocenters. The van der Waals surface area contributed by atoms with Crippen LogP contribution in [0, 0.1) is 17.6 Å². The minimum Gasteiger partial charge on any atom is -0.500 e. The van der Waals surface area contributed by atoms with E-state index in [4.69, 9.17) is 0 Å². The quantitative estimate of drug-likeness (QED) is 0.422. The first kappa shape index (κ1) is 29.0. The molecule has 0 spiro atoms. The molecule has 1 aromatic carbocycles. The van der Waals surface area contributed by atoms with E-state index in [-0.39, 0.29) is 40.1 Å². The summed E-state index contributed by atoms with van der Waals surface area (Å²) in [7, 11) is 3.39. The fourth-order valence-electron chi connectivity index (χ4n) is 5.84. The number of likely N-dealkylation sites (tertiary alicyclic amines) is 1. The van der Waals surface area contributed by atoms with Gasteiger partial charge >= 0.3 is 5.91 Å². The number of hydrogen-bond donors (Lipinski definition) is 3. The lowest BCUT2D eigenvalue weighted by molar-refractivity contribution is -0.531. The largest absolute Gasteiger partial charge is 0.500 e. The van der Waals surface area contributed by atoms with Crippen molar-refractivity contribution in [2.45, 2.75) is 50.6 Å². The van der Waals surface area contributed by atoms with Gasteiger partial charge in [-0.1, -0.05) is 17.4 Å². The Morgan fingerprint density at radius 1 is 1.22 bits per heavy atom. The zero-order valence-electron chi connectivity index (χ0n) is 23.0. The van der Waals surface area contributed by atoms with Gasteiger partial charge in [-0.15, -0.1) is 10.2 Å². The Morgan fingerprint density at radius 3 is 2.59 bits per heavy atom. The van der Waals surface area contributed by atoms with Gasteiger partial charge < -0.3 is 14.9 Å². The summed E-state index contributed by atoms with van der Waals surface area (Å²) in [5, 5.41) is 24.1. The smallest absolute Gasteiger partial charge is 0.313 e. The number of aliphatic hydroxyl groups excluding tert-OH is 1. The number of ketones is 1. The monoisotopic (exact) mass is 587 g/mol. The number of aliphatic hydroxyl groups is 1. The minimum absolute atomic E-state index is 0.0574. The lowest BCUT2D eigenvalue weighted by Gasteiger charge is -2.46. The molecule has 218 valence electrons. The number of benzene rings is 1. The number of nitrogens with two attached hydrogens (primary N) is 1. The first-order chi connectivity index (χ1) is 19.6. The van der Waals surface area contributed by atoms with Crippen LogP contribution in [0.15, 0.2) is 35.9 Å². The van der Waals surface area contributed by atoms with Crippen LogP contribution in [0.1, 0.15) is 54.1 Å². The minimum atomic E-state index is -0.765. The second-order valence-electron chi connectivity index (χ2n) is 10.7. The molecular weight excluding hydrogens is 554 g/mol. The van der Waals surface area contributed by atoms with Crippen molar-refractivity contribution >= 4 is 34.5 Å². The number of carbonyl (C=O) groups excluding carboxylic acids is 3. The van der Waals surface area contributed by atoms with E-state index in [2.05, 4.69) is 15.5 Å². The number of hydrogen-bond acceptors (Lipinski definition) is 8. The maximum atomic E-state index is 14.0. The number of quaternary nitrogens is 1. The molecule has 13 heteroatoms. The molecule has 0 bridgehead atoms. The molecule has 4 N–H and O–H groups in total. The Bertz CT molecular complexity index is 1430. The molecule has 3 aliphatic rings. The zero-order chi connectivity index (χ0) is 29.3. The molecular formula is C28H33F2N6O4S+. The molecule has 2 aliphatic heterocycles. The summed E-state index contributed by atoms with van der Waals surface area (Å²) in [6.07, 6.45) is 5.93. The van der Waals surface area contributed by atoms with Gasteiger partial charge in [0.1, 0.15) is 28.4 Å². The third kappa shape index (κ3) is 5.66. The highest BCUT2D eigenvalue weighted by Gasteiger charge is 2.45. The summed E-state index contributed by atoms with van der Waals surface area (Å²) in [4.78, 5) is 43.0. The summed E-state index contributed by atoms with van der Waals surface area (Å²) in [6.45, 7) is 1.62. The van der Waals surface area contributed by atoms with E-state index >= 15 is 0 Å². The van der Waals surface area contributed by atoms with E-state index in [1.165, 1.54) is 22.5 Å². The Kier molecular flexibility index (Phi) is 8.30. The van der Waals surface area contributed by atoms with Gasteiger partial charge in [-0.25, -0.2) is 8.78 Å². The molecule has 0 atom stereocenters. The maximum Gasteiger partial charge on any atom is 0.313 e. The average Bonchev–Trinajstić information content (AvgIpc) is 3.68. The van der Waals surface area contributed by atoms with E-state index < -0.39 is 34.7 Å². The molecule has 2 aromatic rings. The lowest BCUT2D eigenvalue weighted by Crippen LogP contribution is -2.81. The van der Waals surface area contributed by atoms with Crippen LogP contribution in [0.5, 0.6) is 0 Å². The summed E-state index contributed by atoms with van der Waals surface area (Å²) in [5.41, 5.74) is -0.564. The highest BCUT2D eigenvalue weighted by molar-refractivity contribution is 7.12. The number of nitrogens with zero attached hydrogens (tertiary/aromatic N) is 4. The Hall–Kier alpha value is -3.55. The highest BCUT2D eigenvalue weighted by atomic mass is 32.1. The molecule has 0 radical (unpaired) electrons. The molecule has 5 rings (SSSR count). The number of aromatic nitrogens is 2. The van der Waals surface area contributed by atoms with Crippen molar-refractivity contribution < 1.29 is 33.6 Å².